The lowest BCUT2D eigenvalue weighted by atomic mass is 10.0. The van der Waals surface area contributed by atoms with E-state index < -0.39 is 29.0 Å². The standard InChI is InChI=1S/C21H28F3N3O/c1-7-14-11-10-12-15(8-2)17(14)26-13-25-16(18(26)21(22,23)24)19(28)27(9-3)20(4,5)6/h10-13H,7-9H2,1-6H3. The van der Waals surface area contributed by atoms with E-state index in [9.17, 15) is 18.0 Å². The summed E-state index contributed by atoms with van der Waals surface area (Å²) in [5, 5.41) is 0. The van der Waals surface area contributed by atoms with Crippen LogP contribution in [-0.4, -0.2) is 32.4 Å². The zero-order valence-corrected chi connectivity index (χ0v) is 17.3. The number of hydrogen-bond acceptors (Lipinski definition) is 2. The number of carbonyl (C=O) groups is 1. The quantitative estimate of drug-likeness (QED) is 0.691. The maximum atomic E-state index is 14.1. The smallest absolute Gasteiger partial charge is 0.333 e. The van der Waals surface area contributed by atoms with Gasteiger partial charge in [-0.15, -0.1) is 0 Å². The Hall–Kier alpha value is -2.31. The van der Waals surface area contributed by atoms with Crippen LogP contribution in [0.5, 0.6) is 0 Å². The van der Waals surface area contributed by atoms with Gasteiger partial charge in [0.05, 0.1) is 5.69 Å². The average Bonchev–Trinajstić information content (AvgIpc) is 3.05. The van der Waals surface area contributed by atoms with Gasteiger partial charge < -0.3 is 4.90 Å². The predicted octanol–water partition coefficient (Wildman–Crippen LogP) is 5.28. The summed E-state index contributed by atoms with van der Waals surface area (Å²) in [5.74, 6) is -0.715. The molecule has 0 saturated heterocycles. The second kappa shape index (κ2) is 7.97. The Morgan fingerprint density at radius 2 is 1.61 bits per heavy atom. The zero-order valence-electron chi connectivity index (χ0n) is 17.3. The SMILES string of the molecule is CCc1cccc(CC)c1-n1cnc(C(=O)N(CC)C(C)(C)C)c1C(F)(F)F. The molecule has 0 spiro atoms. The fraction of sp³-hybridized carbons (Fsp3) is 0.524. The van der Waals surface area contributed by atoms with Crippen molar-refractivity contribution in [2.24, 2.45) is 0 Å². The normalized spacial score (nSPS) is 12.3. The summed E-state index contributed by atoms with van der Waals surface area (Å²) in [6.07, 6.45) is -2.44. The summed E-state index contributed by atoms with van der Waals surface area (Å²) in [7, 11) is 0. The molecule has 0 N–H and O–H groups in total. The molecule has 2 rings (SSSR count). The van der Waals surface area contributed by atoms with Crippen molar-refractivity contribution in [1.82, 2.24) is 14.5 Å². The van der Waals surface area contributed by atoms with Crippen LogP contribution in [0.4, 0.5) is 13.2 Å². The molecule has 154 valence electrons. The Kier molecular flexibility index (Phi) is 6.26. The minimum atomic E-state index is -4.72. The Bertz CT molecular complexity index is 825. The molecule has 0 fully saturated rings. The van der Waals surface area contributed by atoms with Crippen LogP contribution in [0, 0.1) is 0 Å². The van der Waals surface area contributed by atoms with Crippen molar-refractivity contribution in [1.29, 1.82) is 0 Å². The van der Waals surface area contributed by atoms with Crippen LogP contribution in [0.3, 0.4) is 0 Å². The van der Waals surface area contributed by atoms with Gasteiger partial charge in [-0.25, -0.2) is 4.98 Å². The number of aryl methyl sites for hydroxylation is 2. The third-order valence-electron chi connectivity index (χ3n) is 4.82. The van der Waals surface area contributed by atoms with Crippen LogP contribution < -0.4 is 0 Å². The summed E-state index contributed by atoms with van der Waals surface area (Å²) >= 11 is 0. The molecule has 1 amide bonds. The van der Waals surface area contributed by atoms with Crippen molar-refractivity contribution < 1.29 is 18.0 Å². The topological polar surface area (TPSA) is 38.1 Å². The van der Waals surface area contributed by atoms with Gasteiger partial charge in [0, 0.05) is 12.1 Å². The summed E-state index contributed by atoms with van der Waals surface area (Å²) in [6, 6.07) is 5.46. The van der Waals surface area contributed by atoms with Crippen molar-refractivity contribution in [3.05, 3.63) is 47.0 Å². The number of alkyl halides is 3. The van der Waals surface area contributed by atoms with Crippen molar-refractivity contribution >= 4 is 5.91 Å². The third-order valence-corrected chi connectivity index (χ3v) is 4.82. The molecule has 28 heavy (non-hydrogen) atoms. The lowest BCUT2D eigenvalue weighted by Crippen LogP contribution is -2.46. The number of amides is 1. The summed E-state index contributed by atoms with van der Waals surface area (Å²) in [4.78, 5) is 18.3. The maximum Gasteiger partial charge on any atom is 0.434 e. The van der Waals surface area contributed by atoms with Crippen molar-refractivity contribution in [2.75, 3.05) is 6.54 Å². The van der Waals surface area contributed by atoms with E-state index in [0.29, 0.717) is 18.5 Å². The molecule has 7 heteroatoms. The van der Waals surface area contributed by atoms with Crippen LogP contribution >= 0.6 is 0 Å². The number of nitrogens with zero attached hydrogens (tertiary/aromatic N) is 3. The fourth-order valence-electron chi connectivity index (χ4n) is 3.52. The number of imidazole rings is 1. The summed E-state index contributed by atoms with van der Waals surface area (Å²) in [5.41, 5.74) is -0.166. The highest BCUT2D eigenvalue weighted by atomic mass is 19.4. The van der Waals surface area contributed by atoms with E-state index in [0.717, 1.165) is 22.0 Å². The molecular weight excluding hydrogens is 367 g/mol. The highest BCUT2D eigenvalue weighted by Gasteiger charge is 2.43. The van der Waals surface area contributed by atoms with Crippen LogP contribution in [0.1, 0.15) is 68.9 Å². The lowest BCUT2D eigenvalue weighted by Gasteiger charge is -2.34. The minimum absolute atomic E-state index is 0.290. The molecule has 0 bridgehead atoms. The van der Waals surface area contributed by atoms with Gasteiger partial charge in [0.2, 0.25) is 0 Å². The van der Waals surface area contributed by atoms with E-state index in [1.165, 1.54) is 4.90 Å². The van der Waals surface area contributed by atoms with Crippen molar-refractivity contribution in [2.45, 2.75) is 66.1 Å². The number of carbonyl (C=O) groups excluding carboxylic acids is 1. The van der Waals surface area contributed by atoms with Crippen molar-refractivity contribution in [3.63, 3.8) is 0 Å². The van der Waals surface area contributed by atoms with Gasteiger partial charge in [-0.2, -0.15) is 13.2 Å². The monoisotopic (exact) mass is 395 g/mol. The first kappa shape index (κ1) is 22.0. The van der Waals surface area contributed by atoms with Gasteiger partial charge in [0.25, 0.3) is 5.91 Å². The number of aromatic nitrogens is 2. The van der Waals surface area contributed by atoms with Gasteiger partial charge in [-0.3, -0.25) is 9.36 Å². The van der Waals surface area contributed by atoms with E-state index in [1.807, 2.05) is 32.0 Å². The number of halogens is 3. The average molecular weight is 395 g/mol. The van der Waals surface area contributed by atoms with E-state index in [4.69, 9.17) is 0 Å². The molecule has 1 aromatic carbocycles. The first-order valence-corrected chi connectivity index (χ1v) is 9.54. The second-order valence-electron chi connectivity index (χ2n) is 7.66. The van der Waals surface area contributed by atoms with Crippen LogP contribution in [0.15, 0.2) is 24.5 Å². The van der Waals surface area contributed by atoms with E-state index >= 15 is 0 Å². The van der Waals surface area contributed by atoms with Gasteiger partial charge >= 0.3 is 6.18 Å². The van der Waals surface area contributed by atoms with Gasteiger partial charge in [0.15, 0.2) is 11.4 Å². The van der Waals surface area contributed by atoms with E-state index in [-0.39, 0.29) is 6.54 Å². The number of rotatable bonds is 5. The fourth-order valence-corrected chi connectivity index (χ4v) is 3.52. The Morgan fingerprint density at radius 1 is 1.07 bits per heavy atom. The van der Waals surface area contributed by atoms with Gasteiger partial charge in [-0.05, 0) is 51.7 Å². The molecule has 0 atom stereocenters. The molecule has 1 aromatic heterocycles. The highest BCUT2D eigenvalue weighted by Crippen LogP contribution is 2.36. The first-order valence-electron chi connectivity index (χ1n) is 9.54. The maximum absolute atomic E-state index is 14.1. The van der Waals surface area contributed by atoms with Crippen LogP contribution in [0.25, 0.3) is 5.69 Å². The minimum Gasteiger partial charge on any atom is -0.333 e. The molecule has 0 radical (unpaired) electrons. The molecule has 0 aliphatic rings. The molecule has 1 heterocycles. The van der Waals surface area contributed by atoms with E-state index in [2.05, 4.69) is 4.98 Å². The predicted molar refractivity (Wildman–Crippen MR) is 104 cm³/mol. The summed E-state index contributed by atoms with van der Waals surface area (Å²) < 4.78 is 43.3. The molecule has 4 nitrogen and oxygen atoms in total. The molecule has 0 unspecified atom stereocenters. The highest BCUT2D eigenvalue weighted by molar-refractivity contribution is 5.94. The van der Waals surface area contributed by atoms with Gasteiger partial charge in [-0.1, -0.05) is 32.0 Å². The molecule has 0 aliphatic heterocycles. The molecule has 0 saturated carbocycles. The number of hydrogen-bond donors (Lipinski definition) is 0. The first-order chi connectivity index (χ1) is 13.0. The van der Waals surface area contributed by atoms with Crippen molar-refractivity contribution in [3.8, 4) is 5.69 Å². The Balaban J connectivity index is 2.77. The number of benzene rings is 1. The zero-order chi connectivity index (χ0) is 21.3. The third kappa shape index (κ3) is 4.08. The van der Waals surface area contributed by atoms with E-state index in [1.54, 1.807) is 27.7 Å². The lowest BCUT2D eigenvalue weighted by molar-refractivity contribution is -0.142. The largest absolute Gasteiger partial charge is 0.434 e. The summed E-state index contributed by atoms with van der Waals surface area (Å²) in [6.45, 7) is 11.2. The molecule has 2 aromatic rings. The van der Waals surface area contributed by atoms with Crippen LogP contribution in [-0.2, 0) is 19.0 Å². The Morgan fingerprint density at radius 3 is 2.00 bits per heavy atom. The second-order valence-corrected chi connectivity index (χ2v) is 7.66. The Labute approximate surface area is 164 Å². The molecule has 0 aliphatic carbocycles. The molecular formula is C21H28F3N3O. The van der Waals surface area contributed by atoms with Gasteiger partial charge in [0.1, 0.15) is 6.33 Å². The van der Waals surface area contributed by atoms with Crippen LogP contribution in [0.2, 0.25) is 0 Å². The number of para-hydroxylation sites is 1.